The Labute approximate surface area is 144 Å². The van der Waals surface area contributed by atoms with E-state index in [0.29, 0.717) is 49.2 Å². The smallest absolute Gasteiger partial charge is 0.330 e. The van der Waals surface area contributed by atoms with Crippen molar-refractivity contribution in [3.8, 4) is 17.2 Å². The first-order valence-electron chi connectivity index (χ1n) is 8.57. The average Bonchev–Trinajstić information content (AvgIpc) is 2.55. The Bertz CT molecular complexity index is 510. The Morgan fingerprint density at radius 2 is 1.54 bits per heavy atom. The monoisotopic (exact) mass is 336 g/mol. The lowest BCUT2D eigenvalue weighted by Crippen LogP contribution is -2.03. The van der Waals surface area contributed by atoms with Crippen LogP contribution in [0, 0.1) is 0 Å². The first-order valence-corrected chi connectivity index (χ1v) is 8.57. The molecule has 0 spiro atoms. The van der Waals surface area contributed by atoms with E-state index in [0.717, 1.165) is 12.8 Å². The molecule has 0 atom stereocenters. The summed E-state index contributed by atoms with van der Waals surface area (Å²) < 4.78 is 22.0. The first-order chi connectivity index (χ1) is 11.7. The van der Waals surface area contributed by atoms with Crippen molar-refractivity contribution >= 4 is 12.0 Å². The van der Waals surface area contributed by atoms with Crippen molar-refractivity contribution in [3.05, 3.63) is 23.8 Å². The number of rotatable bonds is 11. The fourth-order valence-corrected chi connectivity index (χ4v) is 2.06. The molecule has 5 heteroatoms. The first kappa shape index (κ1) is 19.9. The van der Waals surface area contributed by atoms with Crippen LogP contribution in [0.25, 0.3) is 6.08 Å². The van der Waals surface area contributed by atoms with Gasteiger partial charge >= 0.3 is 5.97 Å². The molecule has 0 aliphatic rings. The van der Waals surface area contributed by atoms with Gasteiger partial charge in [-0.3, -0.25) is 0 Å². The van der Waals surface area contributed by atoms with Gasteiger partial charge in [0.1, 0.15) is 17.2 Å². The summed E-state index contributed by atoms with van der Waals surface area (Å²) in [7, 11) is 0. The summed E-state index contributed by atoms with van der Waals surface area (Å²) in [4.78, 5) is 11.8. The third-order valence-electron chi connectivity index (χ3n) is 3.12. The van der Waals surface area contributed by atoms with E-state index >= 15 is 0 Å². The minimum absolute atomic E-state index is 0.373. The number of carbonyl (C=O) groups is 1. The lowest BCUT2D eigenvalue weighted by molar-refractivity contribution is -0.137. The molecule has 0 amide bonds. The van der Waals surface area contributed by atoms with E-state index in [9.17, 15) is 4.79 Å². The number of hydrogen-bond acceptors (Lipinski definition) is 5. The minimum Gasteiger partial charge on any atom is -0.494 e. The van der Waals surface area contributed by atoms with Crippen LogP contribution in [0.5, 0.6) is 17.2 Å². The normalized spacial score (nSPS) is 10.7. The molecule has 0 aliphatic carbocycles. The van der Waals surface area contributed by atoms with Crippen LogP contribution < -0.4 is 14.2 Å². The van der Waals surface area contributed by atoms with Crippen LogP contribution in [-0.2, 0) is 9.53 Å². The maximum absolute atomic E-state index is 11.8. The molecular weight excluding hydrogens is 308 g/mol. The Hall–Kier alpha value is -2.17. The molecule has 0 aromatic heterocycles. The molecule has 5 nitrogen and oxygen atoms in total. The zero-order valence-corrected chi connectivity index (χ0v) is 15.1. The molecule has 1 aromatic carbocycles. The van der Waals surface area contributed by atoms with Crippen LogP contribution in [0.1, 0.15) is 46.1 Å². The third-order valence-corrected chi connectivity index (χ3v) is 3.12. The highest BCUT2D eigenvalue weighted by Gasteiger charge is 2.13. The van der Waals surface area contributed by atoms with Crippen molar-refractivity contribution < 1.29 is 23.7 Å². The van der Waals surface area contributed by atoms with Gasteiger partial charge in [-0.05, 0) is 33.3 Å². The molecule has 0 heterocycles. The molecule has 0 fully saturated rings. The number of hydrogen-bond donors (Lipinski definition) is 0. The van der Waals surface area contributed by atoms with E-state index in [1.165, 1.54) is 6.08 Å². The van der Waals surface area contributed by atoms with Gasteiger partial charge in [0.15, 0.2) is 0 Å². The topological polar surface area (TPSA) is 54.0 Å². The zero-order chi connectivity index (χ0) is 17.8. The van der Waals surface area contributed by atoms with Crippen LogP contribution in [0.2, 0.25) is 0 Å². The van der Waals surface area contributed by atoms with Gasteiger partial charge in [0.2, 0.25) is 0 Å². The highest BCUT2D eigenvalue weighted by atomic mass is 16.5. The molecule has 1 aromatic rings. The third kappa shape index (κ3) is 6.52. The Kier molecular flexibility index (Phi) is 9.42. The lowest BCUT2D eigenvalue weighted by atomic mass is 10.1. The van der Waals surface area contributed by atoms with Crippen LogP contribution in [-0.4, -0.2) is 32.4 Å². The second-order valence-corrected chi connectivity index (χ2v) is 4.99. The Morgan fingerprint density at radius 1 is 0.958 bits per heavy atom. The Balaban J connectivity index is 3.05. The predicted octanol–water partition coefficient (Wildman–Crippen LogP) is 4.24. The van der Waals surface area contributed by atoms with Crippen LogP contribution in [0.4, 0.5) is 0 Å². The van der Waals surface area contributed by atoms with Gasteiger partial charge in [-0.15, -0.1) is 0 Å². The molecule has 0 unspecified atom stereocenters. The molecule has 0 N–H and O–H groups in total. The van der Waals surface area contributed by atoms with Crippen LogP contribution >= 0.6 is 0 Å². The van der Waals surface area contributed by atoms with E-state index in [1.807, 2.05) is 27.7 Å². The molecule has 24 heavy (non-hydrogen) atoms. The van der Waals surface area contributed by atoms with Gasteiger partial charge in [-0.25, -0.2) is 4.79 Å². The van der Waals surface area contributed by atoms with Gasteiger partial charge in [0, 0.05) is 18.2 Å². The Morgan fingerprint density at radius 3 is 2.04 bits per heavy atom. The summed E-state index contributed by atoms with van der Waals surface area (Å²) in [6, 6.07) is 3.61. The zero-order valence-electron chi connectivity index (χ0n) is 15.1. The molecule has 0 aliphatic heterocycles. The highest BCUT2D eigenvalue weighted by Crippen LogP contribution is 2.35. The molecule has 0 radical (unpaired) electrons. The van der Waals surface area contributed by atoms with E-state index < -0.39 is 0 Å². The predicted molar refractivity (Wildman–Crippen MR) is 94.9 cm³/mol. The fraction of sp³-hybridized carbons (Fsp3) is 0.526. The van der Waals surface area contributed by atoms with Crippen molar-refractivity contribution in [2.75, 3.05) is 26.4 Å². The van der Waals surface area contributed by atoms with Gasteiger partial charge in [-0.2, -0.15) is 0 Å². The molecule has 0 saturated carbocycles. The molecular formula is C19H28O5. The lowest BCUT2D eigenvalue weighted by Gasteiger charge is -2.15. The van der Waals surface area contributed by atoms with Gasteiger partial charge in [0.05, 0.1) is 32.0 Å². The van der Waals surface area contributed by atoms with E-state index in [4.69, 9.17) is 18.9 Å². The van der Waals surface area contributed by atoms with Crippen molar-refractivity contribution in [2.24, 2.45) is 0 Å². The molecule has 0 bridgehead atoms. The number of ether oxygens (including phenoxy) is 4. The molecule has 134 valence electrons. The number of unbranched alkanes of at least 4 members (excludes halogenated alkanes) is 1. The van der Waals surface area contributed by atoms with E-state index in [1.54, 1.807) is 18.2 Å². The van der Waals surface area contributed by atoms with Gasteiger partial charge < -0.3 is 18.9 Å². The van der Waals surface area contributed by atoms with Crippen molar-refractivity contribution in [2.45, 2.75) is 40.5 Å². The average molecular weight is 336 g/mol. The highest BCUT2D eigenvalue weighted by molar-refractivity contribution is 5.88. The van der Waals surface area contributed by atoms with E-state index in [-0.39, 0.29) is 5.97 Å². The minimum atomic E-state index is -0.373. The summed E-state index contributed by atoms with van der Waals surface area (Å²) in [5.74, 6) is 1.53. The quantitative estimate of drug-likeness (QED) is 0.344. The second-order valence-electron chi connectivity index (χ2n) is 4.99. The molecule has 1 rings (SSSR count). The summed E-state index contributed by atoms with van der Waals surface area (Å²) in [6.45, 7) is 9.76. The second kappa shape index (κ2) is 11.4. The fourth-order valence-electron chi connectivity index (χ4n) is 2.06. The van der Waals surface area contributed by atoms with Crippen molar-refractivity contribution in [3.63, 3.8) is 0 Å². The summed E-state index contributed by atoms with van der Waals surface area (Å²) >= 11 is 0. The van der Waals surface area contributed by atoms with Gasteiger partial charge in [0.25, 0.3) is 0 Å². The van der Waals surface area contributed by atoms with Crippen LogP contribution in [0.15, 0.2) is 18.2 Å². The van der Waals surface area contributed by atoms with Gasteiger partial charge in [-0.1, -0.05) is 13.3 Å². The summed E-state index contributed by atoms with van der Waals surface area (Å²) in [6.07, 6.45) is 4.91. The number of esters is 1. The maximum atomic E-state index is 11.8. The summed E-state index contributed by atoms with van der Waals surface area (Å²) in [5.41, 5.74) is 0.703. The largest absolute Gasteiger partial charge is 0.494 e. The molecule has 0 saturated heterocycles. The number of benzene rings is 1. The van der Waals surface area contributed by atoms with E-state index in [2.05, 4.69) is 0 Å². The van der Waals surface area contributed by atoms with Crippen molar-refractivity contribution in [1.29, 1.82) is 0 Å². The standard InChI is InChI=1S/C19H28O5/c1-5-9-12-24-19(20)11-10-16-17(22-7-3)13-15(21-6-2)14-18(16)23-8-4/h10-11,13-14H,5-9,12H2,1-4H3. The van der Waals surface area contributed by atoms with Crippen LogP contribution in [0.3, 0.4) is 0 Å². The SMILES string of the molecule is CCCCOC(=O)C=Cc1c(OCC)cc(OCC)cc1OCC. The summed E-state index contributed by atoms with van der Waals surface area (Å²) in [5, 5.41) is 0. The number of carbonyl (C=O) groups excluding carboxylic acids is 1. The van der Waals surface area contributed by atoms with Crippen molar-refractivity contribution in [1.82, 2.24) is 0 Å². The maximum Gasteiger partial charge on any atom is 0.330 e.